The molecule has 3 N–H and O–H groups in total. The zero-order chi connectivity index (χ0) is 18.4. The van der Waals surface area contributed by atoms with Crippen LogP contribution in [-0.2, 0) is 0 Å². The van der Waals surface area contributed by atoms with Crippen molar-refractivity contribution in [1.82, 2.24) is 0 Å². The molecule has 1 heterocycles. The lowest BCUT2D eigenvalue weighted by Gasteiger charge is -2.10. The van der Waals surface area contributed by atoms with Gasteiger partial charge in [0.25, 0.3) is 5.69 Å². The molecule has 7 nitrogen and oxygen atoms in total. The second-order valence-electron chi connectivity index (χ2n) is 5.39. The number of hydrogen-bond donors (Lipinski definition) is 3. The van der Waals surface area contributed by atoms with Crippen LogP contribution < -0.4 is 20.7 Å². The molecule has 1 aromatic heterocycles. The van der Waals surface area contributed by atoms with Crippen LogP contribution >= 0.6 is 0 Å². The first-order chi connectivity index (χ1) is 12.6. The highest BCUT2D eigenvalue weighted by atomic mass is 16.5. The Kier molecular flexibility index (Phi) is 5.09. The van der Waals surface area contributed by atoms with Crippen molar-refractivity contribution < 1.29 is 14.3 Å². The first-order valence-corrected chi connectivity index (χ1v) is 7.84. The normalized spacial score (nSPS) is 10.0. The van der Waals surface area contributed by atoms with E-state index in [4.69, 9.17) is 0 Å². The maximum Gasteiger partial charge on any atom is 0.323 e. The van der Waals surface area contributed by atoms with E-state index < -0.39 is 11.9 Å². The number of hydrogen-bond acceptors (Lipinski definition) is 3. The fraction of sp³-hybridized carbons (Fsp3) is 0. The lowest BCUT2D eigenvalue weighted by molar-refractivity contribution is -0.607. The van der Waals surface area contributed by atoms with Crippen LogP contribution in [0.2, 0.25) is 0 Å². The summed E-state index contributed by atoms with van der Waals surface area (Å²) in [6.07, 6.45) is 1.25. The highest BCUT2D eigenvalue weighted by molar-refractivity contribution is 6.03. The van der Waals surface area contributed by atoms with Crippen LogP contribution in [0.1, 0.15) is 10.5 Å². The van der Waals surface area contributed by atoms with Gasteiger partial charge >= 0.3 is 11.9 Å². The summed E-state index contributed by atoms with van der Waals surface area (Å²) in [5.74, 6) is -0.536. The predicted octanol–water partition coefficient (Wildman–Crippen LogP) is 3.22. The molecule has 0 bridgehead atoms. The number of urea groups is 1. The molecule has 2 aromatic carbocycles. The number of carbonyl (C=O) groups excluding carboxylic acids is 2. The number of carbonyl (C=O) groups is 2. The van der Waals surface area contributed by atoms with Crippen molar-refractivity contribution in [2.45, 2.75) is 0 Å². The van der Waals surface area contributed by atoms with E-state index in [1.165, 1.54) is 12.3 Å². The van der Waals surface area contributed by atoms with Crippen molar-refractivity contribution in [3.63, 3.8) is 0 Å². The summed E-state index contributed by atoms with van der Waals surface area (Å²) in [4.78, 5) is 24.2. The van der Waals surface area contributed by atoms with Crippen molar-refractivity contribution in [3.8, 4) is 0 Å². The van der Waals surface area contributed by atoms with Gasteiger partial charge in [-0.2, -0.15) is 4.73 Å². The maximum atomic E-state index is 12.2. The number of amides is 3. The van der Waals surface area contributed by atoms with Gasteiger partial charge in [-0.1, -0.05) is 24.3 Å². The Morgan fingerprint density at radius 1 is 0.731 bits per heavy atom. The number of pyridine rings is 1. The lowest BCUT2D eigenvalue weighted by Crippen LogP contribution is -2.36. The average Bonchev–Trinajstić information content (AvgIpc) is 2.63. The second-order valence-corrected chi connectivity index (χ2v) is 5.39. The third-order valence-electron chi connectivity index (χ3n) is 3.47. The van der Waals surface area contributed by atoms with Gasteiger partial charge in [-0.25, -0.2) is 4.79 Å². The van der Waals surface area contributed by atoms with Crippen molar-refractivity contribution in [3.05, 3.63) is 89.9 Å². The van der Waals surface area contributed by atoms with E-state index in [1.54, 1.807) is 48.5 Å². The molecule has 130 valence electrons. The van der Waals surface area contributed by atoms with Crippen LogP contribution in [0.25, 0.3) is 0 Å². The molecule has 0 aliphatic heterocycles. The van der Waals surface area contributed by atoms with E-state index >= 15 is 0 Å². The molecule has 26 heavy (non-hydrogen) atoms. The van der Waals surface area contributed by atoms with E-state index in [0.717, 1.165) is 0 Å². The lowest BCUT2D eigenvalue weighted by atomic mass is 10.2. The molecule has 7 heteroatoms. The fourth-order valence-corrected chi connectivity index (χ4v) is 2.29. The Bertz CT molecular complexity index is 929. The molecule has 0 unspecified atom stereocenters. The average molecular weight is 348 g/mol. The minimum absolute atomic E-state index is 0.0207. The molecule has 0 aliphatic carbocycles. The molecule has 3 aromatic rings. The Morgan fingerprint density at radius 2 is 1.35 bits per heavy atom. The number of benzene rings is 2. The van der Waals surface area contributed by atoms with Gasteiger partial charge in [-0.05, 0) is 36.4 Å². The zero-order valence-electron chi connectivity index (χ0n) is 13.7. The molecule has 0 fully saturated rings. The number of anilines is 3. The highest BCUT2D eigenvalue weighted by Crippen LogP contribution is 2.16. The van der Waals surface area contributed by atoms with Crippen molar-refractivity contribution in [2.75, 3.05) is 16.0 Å². The summed E-state index contributed by atoms with van der Waals surface area (Å²) >= 11 is 0. The standard InChI is InChI=1S/C19H16N4O3/c24-18(17-11-4-5-12-23(17)26)20-15-9-6-10-16(13-15)22-19(25)21-14-7-2-1-3-8-14/h1-13H,(H,20,24)(H2,21,22,25). The Morgan fingerprint density at radius 3 is 2.08 bits per heavy atom. The van der Waals surface area contributed by atoms with Crippen molar-refractivity contribution in [2.24, 2.45) is 0 Å². The van der Waals surface area contributed by atoms with E-state index in [0.29, 0.717) is 21.8 Å². The van der Waals surface area contributed by atoms with Gasteiger partial charge in [0.15, 0.2) is 6.20 Å². The molecule has 0 atom stereocenters. The van der Waals surface area contributed by atoms with E-state index in [1.807, 2.05) is 18.2 Å². The summed E-state index contributed by atoms with van der Waals surface area (Å²) in [5.41, 5.74) is 1.60. The Hall–Kier alpha value is -3.87. The van der Waals surface area contributed by atoms with Gasteiger partial charge in [0.1, 0.15) is 0 Å². The summed E-state index contributed by atoms with van der Waals surface area (Å²) in [7, 11) is 0. The molecule has 0 spiro atoms. The predicted molar refractivity (Wildman–Crippen MR) is 98.9 cm³/mol. The van der Waals surface area contributed by atoms with Crippen LogP contribution in [0, 0.1) is 5.21 Å². The fourth-order valence-electron chi connectivity index (χ4n) is 2.29. The van der Waals surface area contributed by atoms with Crippen molar-refractivity contribution >= 4 is 29.0 Å². The number of nitrogens with zero attached hydrogens (tertiary/aromatic N) is 1. The van der Waals surface area contributed by atoms with Crippen LogP contribution in [-0.4, -0.2) is 11.9 Å². The quantitative estimate of drug-likeness (QED) is 0.499. The summed E-state index contributed by atoms with van der Waals surface area (Å²) in [6.45, 7) is 0. The molecular formula is C19H16N4O3. The van der Waals surface area contributed by atoms with Crippen LogP contribution in [0.5, 0.6) is 0 Å². The minimum atomic E-state index is -0.536. The molecule has 3 rings (SSSR count). The van der Waals surface area contributed by atoms with E-state index in [-0.39, 0.29) is 5.69 Å². The monoisotopic (exact) mass is 348 g/mol. The molecule has 0 saturated carbocycles. The van der Waals surface area contributed by atoms with Gasteiger partial charge in [-0.15, -0.1) is 0 Å². The second kappa shape index (κ2) is 7.80. The minimum Gasteiger partial charge on any atom is -0.618 e. The summed E-state index contributed by atoms with van der Waals surface area (Å²) in [5, 5.41) is 19.6. The zero-order valence-corrected chi connectivity index (χ0v) is 13.7. The molecule has 0 aliphatic rings. The van der Waals surface area contributed by atoms with Gasteiger partial charge in [-0.3, -0.25) is 4.79 Å². The summed E-state index contributed by atoms with van der Waals surface area (Å²) in [6, 6.07) is 19.8. The van der Waals surface area contributed by atoms with E-state index in [9.17, 15) is 14.8 Å². The SMILES string of the molecule is O=C(Nc1ccccc1)Nc1cccc(NC(=O)c2cccc[n+]2[O-])c1. The highest BCUT2D eigenvalue weighted by Gasteiger charge is 2.15. The Labute approximate surface area is 149 Å². The van der Waals surface area contributed by atoms with Gasteiger partial charge in [0.05, 0.1) is 0 Å². The Balaban J connectivity index is 1.65. The first-order valence-electron chi connectivity index (χ1n) is 7.84. The number of rotatable bonds is 4. The molecule has 3 amide bonds. The smallest absolute Gasteiger partial charge is 0.323 e. The number of nitrogens with one attached hydrogen (secondary N) is 3. The van der Waals surface area contributed by atoms with E-state index in [2.05, 4.69) is 16.0 Å². The first kappa shape index (κ1) is 17.0. The largest absolute Gasteiger partial charge is 0.618 e. The molecular weight excluding hydrogens is 332 g/mol. The molecule has 0 saturated heterocycles. The summed E-state index contributed by atoms with van der Waals surface area (Å²) < 4.78 is 0.491. The topological polar surface area (TPSA) is 97.2 Å². The van der Waals surface area contributed by atoms with Crippen LogP contribution in [0.4, 0.5) is 21.9 Å². The van der Waals surface area contributed by atoms with Gasteiger partial charge < -0.3 is 21.2 Å². The third kappa shape index (κ3) is 4.35. The molecule has 0 radical (unpaired) electrons. The van der Waals surface area contributed by atoms with Gasteiger partial charge in [0, 0.05) is 29.2 Å². The number of para-hydroxylation sites is 1. The van der Waals surface area contributed by atoms with Crippen molar-refractivity contribution in [1.29, 1.82) is 0 Å². The van der Waals surface area contributed by atoms with Crippen LogP contribution in [0.15, 0.2) is 79.0 Å². The maximum absolute atomic E-state index is 12.2. The van der Waals surface area contributed by atoms with Crippen LogP contribution in [0.3, 0.4) is 0 Å². The number of aromatic nitrogens is 1. The van der Waals surface area contributed by atoms with Gasteiger partial charge in [0.2, 0.25) is 0 Å². The third-order valence-corrected chi connectivity index (χ3v) is 3.47.